The predicted octanol–water partition coefficient (Wildman–Crippen LogP) is 2.51. The number of carbonyl (C=O) groups excluding carboxylic acids is 1. The molecular formula is C18H28N2O. The number of piperidine rings is 1. The predicted molar refractivity (Wildman–Crippen MR) is 84.7 cm³/mol. The van der Waals surface area contributed by atoms with Gasteiger partial charge in [-0.2, -0.15) is 0 Å². The van der Waals surface area contributed by atoms with E-state index in [4.69, 9.17) is 6.42 Å². The lowest BCUT2D eigenvalue weighted by Crippen LogP contribution is -2.42. The van der Waals surface area contributed by atoms with Crippen molar-refractivity contribution in [2.75, 3.05) is 32.7 Å². The van der Waals surface area contributed by atoms with Crippen molar-refractivity contribution < 1.29 is 4.79 Å². The number of likely N-dealkylation sites (tertiary alicyclic amines) is 2. The van der Waals surface area contributed by atoms with E-state index in [9.17, 15) is 4.79 Å². The van der Waals surface area contributed by atoms with E-state index in [0.29, 0.717) is 11.3 Å². The summed E-state index contributed by atoms with van der Waals surface area (Å²) in [4.78, 5) is 17.2. The van der Waals surface area contributed by atoms with E-state index >= 15 is 0 Å². The van der Waals surface area contributed by atoms with Crippen LogP contribution in [0.3, 0.4) is 0 Å². The average Bonchev–Trinajstić information content (AvgIpc) is 2.92. The number of rotatable bonds is 2. The third kappa shape index (κ3) is 3.26. The van der Waals surface area contributed by atoms with Crippen LogP contribution in [-0.4, -0.2) is 48.4 Å². The Bertz CT molecular complexity index is 411. The van der Waals surface area contributed by atoms with Crippen LogP contribution in [0.25, 0.3) is 0 Å². The zero-order valence-electron chi connectivity index (χ0n) is 13.1. The fourth-order valence-electron chi connectivity index (χ4n) is 4.56. The Morgan fingerprint density at radius 1 is 1.10 bits per heavy atom. The molecule has 0 aromatic carbocycles. The third-order valence-electron chi connectivity index (χ3n) is 5.92. The fourth-order valence-corrected chi connectivity index (χ4v) is 4.56. The zero-order valence-corrected chi connectivity index (χ0v) is 13.1. The highest BCUT2D eigenvalue weighted by Gasteiger charge is 2.41. The van der Waals surface area contributed by atoms with Crippen molar-refractivity contribution in [3.8, 4) is 12.3 Å². The Hall–Kier alpha value is -1.01. The summed E-state index contributed by atoms with van der Waals surface area (Å²) in [6.45, 7) is 4.74. The van der Waals surface area contributed by atoms with Crippen molar-refractivity contribution in [3.63, 3.8) is 0 Å². The highest BCUT2D eigenvalue weighted by atomic mass is 16.2. The number of hydrogen-bond acceptors (Lipinski definition) is 2. The van der Waals surface area contributed by atoms with E-state index < -0.39 is 0 Å². The van der Waals surface area contributed by atoms with Gasteiger partial charge in [-0.25, -0.2) is 0 Å². The molecule has 0 bridgehead atoms. The molecule has 0 aromatic heterocycles. The summed E-state index contributed by atoms with van der Waals surface area (Å²) in [6, 6.07) is 0. The Morgan fingerprint density at radius 3 is 2.48 bits per heavy atom. The van der Waals surface area contributed by atoms with Crippen LogP contribution in [0.5, 0.6) is 0 Å². The van der Waals surface area contributed by atoms with Gasteiger partial charge in [0.15, 0.2) is 0 Å². The first-order valence-electron chi connectivity index (χ1n) is 8.67. The topological polar surface area (TPSA) is 23.6 Å². The lowest BCUT2D eigenvalue weighted by Gasteiger charge is -2.35. The average molecular weight is 288 g/mol. The molecule has 0 aromatic rings. The molecule has 2 aliphatic heterocycles. The molecule has 3 aliphatic rings. The minimum atomic E-state index is 0.248. The number of amides is 1. The van der Waals surface area contributed by atoms with E-state index in [1.54, 1.807) is 0 Å². The van der Waals surface area contributed by atoms with Gasteiger partial charge >= 0.3 is 0 Å². The molecule has 0 N–H and O–H groups in total. The molecule has 0 radical (unpaired) electrons. The van der Waals surface area contributed by atoms with E-state index in [0.717, 1.165) is 45.6 Å². The van der Waals surface area contributed by atoms with Gasteiger partial charge in [-0.15, -0.1) is 6.42 Å². The highest BCUT2D eigenvalue weighted by molar-refractivity contribution is 5.79. The van der Waals surface area contributed by atoms with Crippen molar-refractivity contribution >= 4 is 5.91 Å². The van der Waals surface area contributed by atoms with Gasteiger partial charge in [-0.3, -0.25) is 9.69 Å². The van der Waals surface area contributed by atoms with Crippen molar-refractivity contribution in [1.82, 2.24) is 9.80 Å². The Morgan fingerprint density at radius 2 is 1.81 bits per heavy atom. The fraction of sp³-hybridized carbons (Fsp3) is 0.833. The molecule has 1 saturated carbocycles. The van der Waals surface area contributed by atoms with Gasteiger partial charge in [0, 0.05) is 19.0 Å². The molecule has 1 spiro atoms. The van der Waals surface area contributed by atoms with E-state index in [1.165, 1.54) is 38.5 Å². The molecule has 116 valence electrons. The summed E-state index contributed by atoms with van der Waals surface area (Å²) >= 11 is 0. The number of hydrogen-bond donors (Lipinski definition) is 0. The molecular weight excluding hydrogens is 260 g/mol. The highest BCUT2D eigenvalue weighted by Crippen LogP contribution is 2.44. The maximum atomic E-state index is 12.8. The van der Waals surface area contributed by atoms with E-state index in [-0.39, 0.29) is 5.92 Å². The standard InChI is InChI=1S/C18H28N2O/c1-2-11-19-12-6-16(7-13-19)17(21)20-14-10-18(15-20)8-4-3-5-9-18/h1,16H,3-15H2. The molecule has 21 heavy (non-hydrogen) atoms. The maximum Gasteiger partial charge on any atom is 0.225 e. The molecule has 2 heterocycles. The van der Waals surface area contributed by atoms with Gasteiger partial charge in [0.1, 0.15) is 0 Å². The third-order valence-corrected chi connectivity index (χ3v) is 5.92. The normalized spacial score (nSPS) is 26.9. The second kappa shape index (κ2) is 6.40. The lowest BCUT2D eigenvalue weighted by molar-refractivity contribution is -0.136. The van der Waals surface area contributed by atoms with Gasteiger partial charge in [-0.1, -0.05) is 25.2 Å². The van der Waals surface area contributed by atoms with Gasteiger partial charge in [0.05, 0.1) is 6.54 Å². The molecule has 0 atom stereocenters. The number of carbonyl (C=O) groups is 1. The van der Waals surface area contributed by atoms with Crippen molar-refractivity contribution in [3.05, 3.63) is 0 Å². The first-order chi connectivity index (χ1) is 10.2. The molecule has 3 rings (SSSR count). The Balaban J connectivity index is 1.51. The summed E-state index contributed by atoms with van der Waals surface area (Å²) in [7, 11) is 0. The van der Waals surface area contributed by atoms with Crippen LogP contribution in [-0.2, 0) is 4.79 Å². The summed E-state index contributed by atoms with van der Waals surface area (Å²) in [5.41, 5.74) is 0.484. The largest absolute Gasteiger partial charge is 0.342 e. The van der Waals surface area contributed by atoms with Crippen LogP contribution >= 0.6 is 0 Å². The molecule has 3 fully saturated rings. The second-order valence-corrected chi connectivity index (χ2v) is 7.32. The molecule has 1 amide bonds. The van der Waals surface area contributed by atoms with Crippen molar-refractivity contribution in [2.24, 2.45) is 11.3 Å². The van der Waals surface area contributed by atoms with Crippen molar-refractivity contribution in [2.45, 2.75) is 51.4 Å². The monoisotopic (exact) mass is 288 g/mol. The summed E-state index contributed by atoms with van der Waals surface area (Å²) in [5.74, 6) is 3.38. The summed E-state index contributed by atoms with van der Waals surface area (Å²) in [5, 5.41) is 0. The SMILES string of the molecule is C#CCN1CCC(C(=O)N2CCC3(CCCCC3)C2)CC1. The van der Waals surface area contributed by atoms with Crippen LogP contribution in [0.15, 0.2) is 0 Å². The van der Waals surface area contributed by atoms with Crippen LogP contribution in [0, 0.1) is 23.7 Å². The zero-order chi connectivity index (χ0) is 14.7. The smallest absolute Gasteiger partial charge is 0.225 e. The van der Waals surface area contributed by atoms with Crippen LogP contribution in [0.2, 0.25) is 0 Å². The van der Waals surface area contributed by atoms with Gasteiger partial charge in [0.25, 0.3) is 0 Å². The molecule has 2 saturated heterocycles. The molecule has 3 heteroatoms. The minimum absolute atomic E-state index is 0.248. The lowest BCUT2D eigenvalue weighted by atomic mass is 9.73. The molecule has 3 nitrogen and oxygen atoms in total. The molecule has 0 unspecified atom stereocenters. The van der Waals surface area contributed by atoms with Gasteiger partial charge in [-0.05, 0) is 50.6 Å². The van der Waals surface area contributed by atoms with Crippen LogP contribution in [0.4, 0.5) is 0 Å². The van der Waals surface area contributed by atoms with E-state index in [2.05, 4.69) is 15.7 Å². The first kappa shape index (κ1) is 14.9. The number of terminal acetylenes is 1. The van der Waals surface area contributed by atoms with Crippen LogP contribution < -0.4 is 0 Å². The van der Waals surface area contributed by atoms with Gasteiger partial charge < -0.3 is 4.90 Å². The maximum absolute atomic E-state index is 12.8. The quantitative estimate of drug-likeness (QED) is 0.729. The second-order valence-electron chi connectivity index (χ2n) is 7.32. The van der Waals surface area contributed by atoms with E-state index in [1.807, 2.05) is 0 Å². The first-order valence-corrected chi connectivity index (χ1v) is 8.67. The number of nitrogens with zero attached hydrogens (tertiary/aromatic N) is 2. The minimum Gasteiger partial charge on any atom is -0.342 e. The summed E-state index contributed by atoms with van der Waals surface area (Å²) in [6.07, 6.45) is 15.4. The molecule has 1 aliphatic carbocycles. The summed E-state index contributed by atoms with van der Waals surface area (Å²) < 4.78 is 0. The Labute approximate surface area is 129 Å². The van der Waals surface area contributed by atoms with Crippen molar-refractivity contribution in [1.29, 1.82) is 0 Å². The Kier molecular flexibility index (Phi) is 4.54. The van der Waals surface area contributed by atoms with Crippen LogP contribution in [0.1, 0.15) is 51.4 Å². The van der Waals surface area contributed by atoms with Gasteiger partial charge in [0.2, 0.25) is 5.91 Å².